The van der Waals surface area contributed by atoms with E-state index in [1.807, 2.05) is 13.0 Å². The number of nitrogens with zero attached hydrogens (tertiary/aromatic N) is 6. The Bertz CT molecular complexity index is 1070. The van der Waals surface area contributed by atoms with Crippen molar-refractivity contribution < 1.29 is 13.2 Å². The smallest absolute Gasteiger partial charge is 0.249 e. The maximum absolute atomic E-state index is 12.8. The molecule has 0 bridgehead atoms. The second-order valence-corrected chi connectivity index (χ2v) is 7.50. The van der Waals surface area contributed by atoms with Gasteiger partial charge in [0.2, 0.25) is 0 Å². The molecule has 1 aliphatic rings. The van der Waals surface area contributed by atoms with Crippen molar-refractivity contribution in [2.45, 2.75) is 38.0 Å². The van der Waals surface area contributed by atoms with Crippen molar-refractivity contribution >= 4 is 34.7 Å². The van der Waals surface area contributed by atoms with Gasteiger partial charge in [-0.05, 0) is 24.6 Å². The molecule has 1 aliphatic heterocycles. The molecule has 3 aromatic rings. The summed E-state index contributed by atoms with van der Waals surface area (Å²) in [6.07, 6.45) is -2.43. The van der Waals surface area contributed by atoms with Crippen molar-refractivity contribution in [3.8, 4) is 0 Å². The van der Waals surface area contributed by atoms with Gasteiger partial charge in [-0.15, -0.1) is 0 Å². The highest BCUT2D eigenvalue weighted by Crippen LogP contribution is 2.42. The van der Waals surface area contributed by atoms with E-state index in [-0.39, 0.29) is 6.54 Å². The van der Waals surface area contributed by atoms with E-state index in [9.17, 15) is 13.2 Å². The van der Waals surface area contributed by atoms with Gasteiger partial charge < -0.3 is 0 Å². The molecule has 1 unspecified atom stereocenters. The first-order valence-corrected chi connectivity index (χ1v) is 9.48. The fourth-order valence-electron chi connectivity index (χ4n) is 3.51. The summed E-state index contributed by atoms with van der Waals surface area (Å²) in [5.41, 5.74) is 1.48. The predicted molar refractivity (Wildman–Crippen MR) is 103 cm³/mol. The van der Waals surface area contributed by atoms with E-state index >= 15 is 0 Å². The maximum Gasteiger partial charge on any atom is 0.390 e. The molecule has 1 aromatic carbocycles. The van der Waals surface area contributed by atoms with Crippen LogP contribution < -0.4 is 0 Å². The number of fused-ring (bicyclic) bond motifs is 1. The molecule has 0 N–H and O–H groups in total. The first kappa shape index (κ1) is 19.9. The van der Waals surface area contributed by atoms with E-state index in [2.05, 4.69) is 20.2 Å². The largest absolute Gasteiger partial charge is 0.390 e. The van der Waals surface area contributed by atoms with Crippen molar-refractivity contribution in [1.29, 1.82) is 0 Å². The van der Waals surface area contributed by atoms with Crippen LogP contribution in [0.5, 0.6) is 0 Å². The van der Waals surface area contributed by atoms with Gasteiger partial charge >= 0.3 is 6.18 Å². The molecular formula is C18H15Cl2F3N6. The van der Waals surface area contributed by atoms with E-state index in [0.29, 0.717) is 27.4 Å². The number of hydrogen-bond acceptors (Lipinski definition) is 4. The lowest BCUT2D eigenvalue weighted by Gasteiger charge is -2.31. The highest BCUT2D eigenvalue weighted by atomic mass is 35.5. The Morgan fingerprint density at radius 3 is 2.62 bits per heavy atom. The quantitative estimate of drug-likeness (QED) is 0.556. The third-order valence-corrected chi connectivity index (χ3v) is 5.52. The highest BCUT2D eigenvalue weighted by Gasteiger charge is 2.38. The third kappa shape index (κ3) is 3.89. The van der Waals surface area contributed by atoms with Crippen molar-refractivity contribution in [1.82, 2.24) is 24.5 Å². The number of aliphatic imine (C=N–C) groups is 1. The summed E-state index contributed by atoms with van der Waals surface area (Å²) in [6.45, 7) is 1.48. The van der Waals surface area contributed by atoms with Gasteiger partial charge in [0.1, 0.15) is 12.2 Å². The van der Waals surface area contributed by atoms with Gasteiger partial charge in [-0.1, -0.05) is 29.3 Å². The average Bonchev–Trinajstić information content (AvgIpc) is 3.29. The molecule has 29 heavy (non-hydrogen) atoms. The molecule has 11 heteroatoms. The van der Waals surface area contributed by atoms with Gasteiger partial charge in [-0.2, -0.15) is 23.4 Å². The number of aryl methyl sites for hydroxylation is 1. The minimum Gasteiger partial charge on any atom is -0.249 e. The van der Waals surface area contributed by atoms with E-state index in [0.717, 1.165) is 5.56 Å². The van der Waals surface area contributed by atoms with Crippen LogP contribution in [0.2, 0.25) is 10.0 Å². The van der Waals surface area contributed by atoms with E-state index in [1.54, 1.807) is 29.1 Å². The molecule has 0 fully saturated rings. The van der Waals surface area contributed by atoms with Crippen LogP contribution in [0.1, 0.15) is 36.7 Å². The number of alkyl halides is 3. The Morgan fingerprint density at radius 1 is 1.10 bits per heavy atom. The molecule has 0 saturated carbocycles. The molecular weight excluding hydrogens is 428 g/mol. The van der Waals surface area contributed by atoms with Crippen molar-refractivity contribution in [2.75, 3.05) is 0 Å². The molecule has 3 heterocycles. The van der Waals surface area contributed by atoms with Crippen molar-refractivity contribution in [3.05, 3.63) is 58.2 Å². The van der Waals surface area contributed by atoms with Gasteiger partial charge in [0, 0.05) is 11.8 Å². The molecule has 0 aliphatic carbocycles. The second kappa shape index (κ2) is 7.46. The Kier molecular flexibility index (Phi) is 5.12. The van der Waals surface area contributed by atoms with E-state index < -0.39 is 24.6 Å². The summed E-state index contributed by atoms with van der Waals surface area (Å²) in [5, 5.41) is 9.15. The molecule has 152 valence electrons. The van der Waals surface area contributed by atoms with Crippen molar-refractivity contribution in [2.24, 2.45) is 4.99 Å². The minimum absolute atomic E-state index is 0.331. The van der Waals surface area contributed by atoms with Gasteiger partial charge in [0.05, 0.1) is 41.2 Å². The van der Waals surface area contributed by atoms with E-state index in [4.69, 9.17) is 23.2 Å². The summed E-state index contributed by atoms with van der Waals surface area (Å²) < 4.78 is 41.2. The van der Waals surface area contributed by atoms with Crippen LogP contribution >= 0.6 is 23.2 Å². The number of rotatable bonds is 4. The summed E-state index contributed by atoms with van der Waals surface area (Å²) in [7, 11) is 0. The lowest BCUT2D eigenvalue weighted by atomic mass is 9.87. The number of hydrogen-bond donors (Lipinski definition) is 0. The van der Waals surface area contributed by atoms with Gasteiger partial charge in [0.25, 0.3) is 0 Å². The summed E-state index contributed by atoms with van der Waals surface area (Å²) >= 11 is 12.3. The minimum atomic E-state index is -4.29. The average molecular weight is 443 g/mol. The Balaban J connectivity index is 1.81. The molecule has 6 nitrogen and oxygen atoms in total. The Morgan fingerprint density at radius 2 is 1.90 bits per heavy atom. The van der Waals surface area contributed by atoms with Crippen molar-refractivity contribution in [3.63, 3.8) is 0 Å². The van der Waals surface area contributed by atoms with Gasteiger partial charge in [0.15, 0.2) is 5.82 Å². The predicted octanol–water partition coefficient (Wildman–Crippen LogP) is 5.21. The monoisotopic (exact) mass is 442 g/mol. The lowest BCUT2D eigenvalue weighted by molar-refractivity contribution is -0.137. The number of halogens is 5. The summed E-state index contributed by atoms with van der Waals surface area (Å²) in [6, 6.07) is 6.56. The molecule has 0 spiro atoms. The third-order valence-electron chi connectivity index (χ3n) is 4.79. The maximum atomic E-state index is 12.8. The van der Waals surface area contributed by atoms with Crippen LogP contribution in [-0.2, 0) is 6.54 Å². The van der Waals surface area contributed by atoms with Crippen LogP contribution in [0.3, 0.4) is 0 Å². The second-order valence-electron chi connectivity index (χ2n) is 6.69. The zero-order chi connectivity index (χ0) is 20.8. The number of benzene rings is 1. The zero-order valence-corrected chi connectivity index (χ0v) is 16.6. The van der Waals surface area contributed by atoms with Gasteiger partial charge in [-0.3, -0.25) is 0 Å². The first-order chi connectivity index (χ1) is 13.7. The summed E-state index contributed by atoms with van der Waals surface area (Å²) in [5.74, 6) is 0.541. The zero-order valence-electron chi connectivity index (χ0n) is 15.1. The Hall–Kier alpha value is -2.39. The normalized spacial score (nSPS) is 19.2. The first-order valence-electron chi connectivity index (χ1n) is 8.72. The molecule has 4 rings (SSSR count). The van der Waals surface area contributed by atoms with Gasteiger partial charge in [-0.25, -0.2) is 19.3 Å². The topological polar surface area (TPSA) is 60.9 Å². The standard InChI is InChI=1S/C18H15Cl2F3N6/c1-10-15(17-24-9-26-28(17)7-5-18(21,22)23)16(29-14(27-10)4-6-25-29)11-2-3-12(19)13(20)8-11/h2-4,6,8-9,15-16H,5,7H2,1H3/t15?,16-/m1/s1. The number of aromatic nitrogens is 5. The fourth-order valence-corrected chi connectivity index (χ4v) is 3.81. The highest BCUT2D eigenvalue weighted by molar-refractivity contribution is 6.42. The molecule has 2 aromatic heterocycles. The molecule has 0 amide bonds. The van der Waals surface area contributed by atoms with Crippen LogP contribution in [0.25, 0.3) is 0 Å². The van der Waals surface area contributed by atoms with Crippen LogP contribution in [0, 0.1) is 0 Å². The van der Waals surface area contributed by atoms with Crippen LogP contribution in [0.4, 0.5) is 19.0 Å². The SMILES string of the molecule is CC1=Nc2ccnn2[C@H](c2ccc(Cl)c(Cl)c2)C1c1ncnn1CCC(F)(F)F. The summed E-state index contributed by atoms with van der Waals surface area (Å²) in [4.78, 5) is 8.83. The fraction of sp³-hybridized carbons (Fsp3) is 0.333. The molecule has 0 saturated heterocycles. The molecule has 2 atom stereocenters. The Labute approximate surface area is 174 Å². The molecule has 0 radical (unpaired) electrons. The van der Waals surface area contributed by atoms with Crippen LogP contribution in [0.15, 0.2) is 41.8 Å². The lowest BCUT2D eigenvalue weighted by Crippen LogP contribution is -2.31. The van der Waals surface area contributed by atoms with E-state index in [1.165, 1.54) is 11.0 Å². The van der Waals surface area contributed by atoms with Crippen LogP contribution in [-0.4, -0.2) is 36.4 Å².